The van der Waals surface area contributed by atoms with Crippen molar-refractivity contribution < 1.29 is 17.6 Å². The van der Waals surface area contributed by atoms with E-state index in [1.807, 2.05) is 0 Å². The molecule has 0 saturated carbocycles. The molecule has 19 heavy (non-hydrogen) atoms. The number of nitrogens with zero attached hydrogens (tertiary/aromatic N) is 2. The van der Waals surface area contributed by atoms with Crippen LogP contribution in [0.1, 0.15) is 5.69 Å². The summed E-state index contributed by atoms with van der Waals surface area (Å²) in [6, 6.07) is 3.34. The van der Waals surface area contributed by atoms with E-state index in [9.17, 15) is 17.6 Å². The molecule has 1 aromatic carbocycles. The Balaban J connectivity index is 2.74. The number of aromatic nitrogens is 2. The third-order valence-electron chi connectivity index (χ3n) is 2.56. The van der Waals surface area contributed by atoms with E-state index in [1.165, 1.54) is 13.1 Å². The number of hydrogen-bond acceptors (Lipinski definition) is 2. The monoisotopic (exact) mass is 293 g/mol. The van der Waals surface area contributed by atoms with Gasteiger partial charge in [0, 0.05) is 17.6 Å². The minimum Gasteiger partial charge on any atom is -0.383 e. The Bertz CT molecular complexity index is 634. The topological polar surface area (TPSA) is 43.8 Å². The molecular weight excluding hydrogens is 286 g/mol. The zero-order valence-electron chi connectivity index (χ0n) is 9.59. The number of nitrogen functional groups attached to an aromatic ring is 1. The average Bonchev–Trinajstić information content (AvgIpc) is 2.56. The maximum atomic E-state index is 13.7. The maximum Gasteiger partial charge on any atom is 0.435 e. The summed E-state index contributed by atoms with van der Waals surface area (Å²) >= 11 is 5.56. The smallest absolute Gasteiger partial charge is 0.383 e. The van der Waals surface area contributed by atoms with Crippen molar-refractivity contribution in [2.45, 2.75) is 6.18 Å². The summed E-state index contributed by atoms with van der Waals surface area (Å²) in [6.45, 7) is 0. The van der Waals surface area contributed by atoms with Crippen molar-refractivity contribution in [2.75, 3.05) is 5.73 Å². The molecule has 0 radical (unpaired) electrons. The fraction of sp³-hybridized carbons (Fsp3) is 0.182. The highest BCUT2D eigenvalue weighted by molar-refractivity contribution is 6.30. The SMILES string of the molecule is Cn1nc(C(F)(F)F)c(-c2ccc(Cl)cc2F)c1N. The number of aryl methyl sites for hydroxylation is 1. The van der Waals surface area contributed by atoms with Gasteiger partial charge in [-0.1, -0.05) is 11.6 Å². The van der Waals surface area contributed by atoms with E-state index in [1.54, 1.807) is 0 Å². The number of alkyl halides is 3. The first-order chi connectivity index (χ1) is 8.71. The average molecular weight is 294 g/mol. The third kappa shape index (κ3) is 2.37. The summed E-state index contributed by atoms with van der Waals surface area (Å²) in [6.07, 6.45) is -4.73. The Kier molecular flexibility index (Phi) is 3.17. The lowest BCUT2D eigenvalue weighted by Crippen LogP contribution is -2.08. The van der Waals surface area contributed by atoms with Crippen LogP contribution < -0.4 is 5.73 Å². The lowest BCUT2D eigenvalue weighted by Gasteiger charge is -2.08. The number of anilines is 1. The summed E-state index contributed by atoms with van der Waals surface area (Å²) in [5.74, 6) is -1.16. The third-order valence-corrected chi connectivity index (χ3v) is 2.80. The van der Waals surface area contributed by atoms with E-state index in [-0.39, 0.29) is 16.4 Å². The molecule has 0 aliphatic heterocycles. The molecule has 0 amide bonds. The van der Waals surface area contributed by atoms with Crippen LogP contribution in [0, 0.1) is 5.82 Å². The Morgan fingerprint density at radius 3 is 2.47 bits per heavy atom. The summed E-state index contributed by atoms with van der Waals surface area (Å²) in [7, 11) is 1.25. The number of nitrogens with two attached hydrogens (primary N) is 1. The van der Waals surface area contributed by atoms with Gasteiger partial charge >= 0.3 is 6.18 Å². The van der Waals surface area contributed by atoms with E-state index in [0.717, 1.165) is 16.8 Å². The van der Waals surface area contributed by atoms with Gasteiger partial charge in [0.25, 0.3) is 0 Å². The van der Waals surface area contributed by atoms with Crippen molar-refractivity contribution in [1.82, 2.24) is 9.78 Å². The zero-order valence-corrected chi connectivity index (χ0v) is 10.3. The van der Waals surface area contributed by atoms with Crippen molar-refractivity contribution in [3.05, 3.63) is 34.7 Å². The van der Waals surface area contributed by atoms with Gasteiger partial charge in [0.2, 0.25) is 0 Å². The van der Waals surface area contributed by atoms with Crippen LogP contribution in [0.25, 0.3) is 11.1 Å². The van der Waals surface area contributed by atoms with Gasteiger partial charge in [-0.2, -0.15) is 18.3 Å². The first kappa shape index (κ1) is 13.7. The minimum absolute atomic E-state index is 0.0808. The first-order valence-electron chi connectivity index (χ1n) is 5.07. The quantitative estimate of drug-likeness (QED) is 0.818. The second kappa shape index (κ2) is 4.41. The molecule has 0 atom stereocenters. The molecule has 102 valence electrons. The number of hydrogen-bond donors (Lipinski definition) is 1. The standard InChI is InChI=1S/C11H8ClF4N3/c1-19-10(17)8(9(18-19)11(14,15)16)6-3-2-5(12)4-7(6)13/h2-4H,17H2,1H3. The van der Waals surface area contributed by atoms with Crippen LogP contribution in [0.3, 0.4) is 0 Å². The lowest BCUT2D eigenvalue weighted by atomic mass is 10.0. The number of halogens is 5. The van der Waals surface area contributed by atoms with Gasteiger partial charge in [-0.3, -0.25) is 4.68 Å². The Morgan fingerprint density at radius 1 is 1.32 bits per heavy atom. The fourth-order valence-electron chi connectivity index (χ4n) is 1.69. The molecule has 0 unspecified atom stereocenters. The van der Waals surface area contributed by atoms with Gasteiger partial charge in [0.15, 0.2) is 5.69 Å². The molecule has 0 spiro atoms. The minimum atomic E-state index is -4.73. The maximum absolute atomic E-state index is 13.7. The first-order valence-corrected chi connectivity index (χ1v) is 5.44. The number of benzene rings is 1. The van der Waals surface area contributed by atoms with Crippen molar-refractivity contribution in [1.29, 1.82) is 0 Å². The molecule has 0 aliphatic rings. The molecule has 3 nitrogen and oxygen atoms in total. The Morgan fingerprint density at radius 2 is 1.95 bits per heavy atom. The molecule has 2 aromatic rings. The Labute approximate surface area is 110 Å². The van der Waals surface area contributed by atoms with E-state index in [2.05, 4.69) is 5.10 Å². The largest absolute Gasteiger partial charge is 0.435 e. The van der Waals surface area contributed by atoms with Crippen LogP contribution in [-0.4, -0.2) is 9.78 Å². The van der Waals surface area contributed by atoms with Crippen LogP contribution in [0.5, 0.6) is 0 Å². The van der Waals surface area contributed by atoms with E-state index in [4.69, 9.17) is 17.3 Å². The molecule has 1 aromatic heterocycles. The fourth-order valence-corrected chi connectivity index (χ4v) is 1.85. The molecule has 1 heterocycles. The highest BCUT2D eigenvalue weighted by atomic mass is 35.5. The highest BCUT2D eigenvalue weighted by Gasteiger charge is 2.39. The summed E-state index contributed by atoms with van der Waals surface area (Å²) in [5, 5.41) is 3.37. The lowest BCUT2D eigenvalue weighted by molar-refractivity contribution is -0.140. The van der Waals surface area contributed by atoms with Gasteiger partial charge in [-0.25, -0.2) is 4.39 Å². The second-order valence-corrected chi connectivity index (χ2v) is 4.29. The van der Waals surface area contributed by atoms with Crippen molar-refractivity contribution in [2.24, 2.45) is 7.05 Å². The summed E-state index contributed by atoms with van der Waals surface area (Å²) < 4.78 is 53.2. The van der Waals surface area contributed by atoms with E-state index < -0.39 is 23.3 Å². The van der Waals surface area contributed by atoms with Gasteiger partial charge < -0.3 is 5.73 Å². The van der Waals surface area contributed by atoms with Crippen LogP contribution in [0.15, 0.2) is 18.2 Å². The molecule has 0 bridgehead atoms. The molecular formula is C11H8ClF4N3. The van der Waals surface area contributed by atoms with Crippen LogP contribution in [-0.2, 0) is 13.2 Å². The highest BCUT2D eigenvalue weighted by Crippen LogP contribution is 2.40. The molecule has 0 fully saturated rings. The van der Waals surface area contributed by atoms with E-state index >= 15 is 0 Å². The van der Waals surface area contributed by atoms with Gasteiger partial charge in [-0.05, 0) is 18.2 Å². The normalized spacial score (nSPS) is 11.9. The van der Waals surface area contributed by atoms with Crippen molar-refractivity contribution in [3.63, 3.8) is 0 Å². The summed E-state index contributed by atoms with van der Waals surface area (Å²) in [4.78, 5) is 0. The summed E-state index contributed by atoms with van der Waals surface area (Å²) in [5.41, 5.74) is 3.54. The van der Waals surface area contributed by atoms with E-state index in [0.29, 0.717) is 0 Å². The van der Waals surface area contributed by atoms with Gasteiger partial charge in [-0.15, -0.1) is 0 Å². The second-order valence-electron chi connectivity index (χ2n) is 3.85. The molecule has 8 heteroatoms. The molecule has 2 N–H and O–H groups in total. The molecule has 2 rings (SSSR count). The molecule has 0 saturated heterocycles. The van der Waals surface area contributed by atoms with Crippen molar-refractivity contribution in [3.8, 4) is 11.1 Å². The zero-order chi connectivity index (χ0) is 14.4. The van der Waals surface area contributed by atoms with Crippen LogP contribution >= 0.6 is 11.6 Å². The van der Waals surface area contributed by atoms with Crippen molar-refractivity contribution >= 4 is 17.4 Å². The molecule has 0 aliphatic carbocycles. The number of rotatable bonds is 1. The predicted octanol–water partition coefficient (Wildman–Crippen LogP) is 3.48. The van der Waals surface area contributed by atoms with Gasteiger partial charge in [0.05, 0.1) is 5.56 Å². The predicted molar refractivity (Wildman–Crippen MR) is 63.0 cm³/mol. The van der Waals surface area contributed by atoms with Crippen LogP contribution in [0.4, 0.5) is 23.4 Å². The Hall–Kier alpha value is -1.76. The van der Waals surface area contributed by atoms with Gasteiger partial charge in [0.1, 0.15) is 11.6 Å². The van der Waals surface area contributed by atoms with Crippen LogP contribution in [0.2, 0.25) is 5.02 Å².